The highest BCUT2D eigenvalue weighted by Gasteiger charge is 2.26. The molecule has 5 nitrogen and oxygen atoms in total. The summed E-state index contributed by atoms with van der Waals surface area (Å²) >= 11 is 1.48. The van der Waals surface area contributed by atoms with Gasteiger partial charge >= 0.3 is 5.97 Å². The second-order valence-electron chi connectivity index (χ2n) is 5.16. The number of hydrogen-bond acceptors (Lipinski definition) is 4. The third-order valence-electron chi connectivity index (χ3n) is 3.13. The lowest BCUT2D eigenvalue weighted by atomic mass is 10.0. The molecule has 0 saturated heterocycles. The maximum absolute atomic E-state index is 11.9. The zero-order valence-electron chi connectivity index (χ0n) is 10.7. The van der Waals surface area contributed by atoms with Crippen molar-refractivity contribution in [1.29, 1.82) is 0 Å². The lowest BCUT2D eigenvalue weighted by Gasteiger charge is -2.21. The Morgan fingerprint density at radius 1 is 1.47 bits per heavy atom. The van der Waals surface area contributed by atoms with Gasteiger partial charge in [0.1, 0.15) is 0 Å². The number of rotatable bonds is 5. The molecular weight excluding hydrogens is 266 g/mol. The van der Waals surface area contributed by atoms with Crippen molar-refractivity contribution in [3.63, 3.8) is 0 Å². The Morgan fingerprint density at radius 2 is 2.21 bits per heavy atom. The van der Waals surface area contributed by atoms with Crippen LogP contribution in [0.15, 0.2) is 6.07 Å². The number of aliphatic hydroxyl groups is 1. The minimum Gasteiger partial charge on any atom is -0.481 e. The number of aryl methyl sites for hydroxylation is 2. The molecule has 0 saturated carbocycles. The Balaban J connectivity index is 1.92. The standard InChI is InChI=1S/C13H17NO4S/c1-13(18,6-11(15)16)7-14-12(17)10-5-8-3-2-4-9(8)19-10/h5,18H,2-4,6-7H2,1H3,(H,14,17)(H,15,16). The van der Waals surface area contributed by atoms with Crippen LogP contribution in [0.5, 0.6) is 0 Å². The molecule has 1 amide bonds. The highest BCUT2D eigenvalue weighted by molar-refractivity contribution is 7.14. The van der Waals surface area contributed by atoms with E-state index in [2.05, 4.69) is 5.32 Å². The molecular formula is C13H17NO4S. The zero-order valence-corrected chi connectivity index (χ0v) is 11.5. The molecule has 1 heterocycles. The fraction of sp³-hybridized carbons (Fsp3) is 0.538. The molecule has 0 aliphatic heterocycles. The number of carboxylic acid groups (broad SMARTS) is 1. The topological polar surface area (TPSA) is 86.6 Å². The molecule has 0 spiro atoms. The van der Waals surface area contributed by atoms with Crippen LogP contribution in [0.3, 0.4) is 0 Å². The Kier molecular flexibility index (Phi) is 3.91. The molecule has 1 aliphatic rings. The summed E-state index contributed by atoms with van der Waals surface area (Å²) < 4.78 is 0. The van der Waals surface area contributed by atoms with Gasteiger partial charge in [-0.1, -0.05) is 0 Å². The number of thiophene rings is 1. The van der Waals surface area contributed by atoms with Crippen LogP contribution in [0.25, 0.3) is 0 Å². The van der Waals surface area contributed by atoms with Gasteiger partial charge in [-0.3, -0.25) is 9.59 Å². The first kappa shape index (κ1) is 14.0. The van der Waals surface area contributed by atoms with Crippen molar-refractivity contribution >= 4 is 23.2 Å². The molecule has 3 N–H and O–H groups in total. The molecule has 104 valence electrons. The van der Waals surface area contributed by atoms with Gasteiger partial charge in [-0.25, -0.2) is 0 Å². The van der Waals surface area contributed by atoms with Crippen LogP contribution in [0, 0.1) is 0 Å². The van der Waals surface area contributed by atoms with Crippen molar-refractivity contribution < 1.29 is 19.8 Å². The molecule has 1 aromatic rings. The first-order valence-electron chi connectivity index (χ1n) is 6.21. The Bertz CT molecular complexity index is 485. The first-order valence-corrected chi connectivity index (χ1v) is 7.03. The van der Waals surface area contributed by atoms with Crippen LogP contribution in [-0.2, 0) is 17.6 Å². The average Bonchev–Trinajstić information content (AvgIpc) is 2.83. The predicted molar refractivity (Wildman–Crippen MR) is 71.6 cm³/mol. The van der Waals surface area contributed by atoms with E-state index in [9.17, 15) is 14.7 Å². The number of amides is 1. The molecule has 1 unspecified atom stereocenters. The zero-order chi connectivity index (χ0) is 14.0. The van der Waals surface area contributed by atoms with Crippen molar-refractivity contribution in [2.45, 2.75) is 38.2 Å². The van der Waals surface area contributed by atoms with E-state index < -0.39 is 18.0 Å². The molecule has 6 heteroatoms. The van der Waals surface area contributed by atoms with E-state index in [1.54, 1.807) is 0 Å². The van der Waals surface area contributed by atoms with Crippen LogP contribution in [0.1, 0.15) is 39.9 Å². The summed E-state index contributed by atoms with van der Waals surface area (Å²) in [6, 6.07) is 1.90. The molecule has 0 aromatic carbocycles. The normalized spacial score (nSPS) is 16.7. The summed E-state index contributed by atoms with van der Waals surface area (Å²) in [6.07, 6.45) is 2.81. The first-order chi connectivity index (χ1) is 8.87. The van der Waals surface area contributed by atoms with E-state index in [4.69, 9.17) is 5.11 Å². The number of fused-ring (bicyclic) bond motifs is 1. The molecule has 1 atom stereocenters. The highest BCUT2D eigenvalue weighted by Crippen LogP contribution is 2.30. The van der Waals surface area contributed by atoms with Crippen LogP contribution in [0.4, 0.5) is 0 Å². The van der Waals surface area contributed by atoms with Gasteiger partial charge in [0.25, 0.3) is 5.91 Å². The van der Waals surface area contributed by atoms with Crippen LogP contribution < -0.4 is 5.32 Å². The number of hydrogen-bond donors (Lipinski definition) is 3. The fourth-order valence-electron chi connectivity index (χ4n) is 2.19. The second kappa shape index (κ2) is 5.30. The van der Waals surface area contributed by atoms with Crippen molar-refractivity contribution in [3.8, 4) is 0 Å². The number of aliphatic carboxylic acids is 1. The predicted octanol–water partition coefficient (Wildman–Crippen LogP) is 1.19. The van der Waals surface area contributed by atoms with E-state index in [0.717, 1.165) is 19.3 Å². The Labute approximate surface area is 115 Å². The molecule has 0 bridgehead atoms. The smallest absolute Gasteiger partial charge is 0.306 e. The van der Waals surface area contributed by atoms with Gasteiger partial charge in [-0.2, -0.15) is 0 Å². The molecule has 1 aromatic heterocycles. The van der Waals surface area contributed by atoms with Crippen LogP contribution in [0.2, 0.25) is 0 Å². The van der Waals surface area contributed by atoms with Crippen LogP contribution >= 0.6 is 11.3 Å². The van der Waals surface area contributed by atoms with Gasteiger partial charge in [0, 0.05) is 11.4 Å². The molecule has 2 rings (SSSR count). The Morgan fingerprint density at radius 3 is 2.84 bits per heavy atom. The summed E-state index contributed by atoms with van der Waals surface area (Å²) in [6.45, 7) is 1.33. The van der Waals surface area contributed by atoms with Gasteiger partial charge in [0.05, 0.1) is 16.9 Å². The average molecular weight is 283 g/mol. The lowest BCUT2D eigenvalue weighted by Crippen LogP contribution is -2.41. The summed E-state index contributed by atoms with van der Waals surface area (Å²) in [4.78, 5) is 24.4. The van der Waals surface area contributed by atoms with Gasteiger partial charge < -0.3 is 15.5 Å². The quantitative estimate of drug-likeness (QED) is 0.757. The third-order valence-corrected chi connectivity index (χ3v) is 4.37. The van der Waals surface area contributed by atoms with Gasteiger partial charge in [0.2, 0.25) is 0 Å². The molecule has 1 aliphatic carbocycles. The third kappa shape index (κ3) is 3.54. The SMILES string of the molecule is CC(O)(CNC(=O)c1cc2c(s1)CCC2)CC(=O)O. The minimum absolute atomic E-state index is 0.0687. The maximum atomic E-state index is 11.9. The van der Waals surface area contributed by atoms with Crippen LogP contribution in [-0.4, -0.2) is 34.2 Å². The highest BCUT2D eigenvalue weighted by atomic mass is 32.1. The van der Waals surface area contributed by atoms with E-state index >= 15 is 0 Å². The monoisotopic (exact) mass is 283 g/mol. The van der Waals surface area contributed by atoms with Crippen molar-refractivity contribution in [3.05, 3.63) is 21.4 Å². The lowest BCUT2D eigenvalue weighted by molar-refractivity contribution is -0.141. The fourth-order valence-corrected chi connectivity index (χ4v) is 3.36. The summed E-state index contributed by atoms with van der Waals surface area (Å²) in [5.74, 6) is -1.33. The van der Waals surface area contributed by atoms with Gasteiger partial charge in [-0.05, 0) is 37.8 Å². The van der Waals surface area contributed by atoms with Gasteiger partial charge in [-0.15, -0.1) is 11.3 Å². The number of carbonyl (C=O) groups is 2. The van der Waals surface area contributed by atoms with E-state index in [1.807, 2.05) is 6.07 Å². The number of carbonyl (C=O) groups excluding carboxylic acids is 1. The Hall–Kier alpha value is -1.40. The van der Waals surface area contributed by atoms with Crippen molar-refractivity contribution in [2.24, 2.45) is 0 Å². The van der Waals surface area contributed by atoms with E-state index in [0.29, 0.717) is 4.88 Å². The largest absolute Gasteiger partial charge is 0.481 e. The van der Waals surface area contributed by atoms with Crippen molar-refractivity contribution in [2.75, 3.05) is 6.54 Å². The molecule has 0 fully saturated rings. The minimum atomic E-state index is -1.43. The van der Waals surface area contributed by atoms with Gasteiger partial charge in [0.15, 0.2) is 0 Å². The van der Waals surface area contributed by atoms with E-state index in [-0.39, 0.29) is 12.5 Å². The number of nitrogens with one attached hydrogen (secondary N) is 1. The van der Waals surface area contributed by atoms with E-state index in [1.165, 1.54) is 28.7 Å². The summed E-state index contributed by atoms with van der Waals surface area (Å²) in [5.41, 5.74) is -0.186. The molecule has 0 radical (unpaired) electrons. The summed E-state index contributed by atoms with van der Waals surface area (Å²) in [5, 5.41) is 21.0. The molecule has 19 heavy (non-hydrogen) atoms. The maximum Gasteiger partial charge on any atom is 0.306 e. The second-order valence-corrected chi connectivity index (χ2v) is 6.30. The number of carboxylic acids is 1. The van der Waals surface area contributed by atoms with Crippen molar-refractivity contribution in [1.82, 2.24) is 5.32 Å². The summed E-state index contributed by atoms with van der Waals surface area (Å²) in [7, 11) is 0.